The van der Waals surface area contributed by atoms with Crippen LogP contribution in [0.15, 0.2) is 35.9 Å². The van der Waals surface area contributed by atoms with Crippen LogP contribution in [0.5, 0.6) is 0 Å². The second-order valence-electron chi connectivity index (χ2n) is 4.72. The van der Waals surface area contributed by atoms with Gasteiger partial charge in [0.25, 0.3) is 0 Å². The molecule has 0 saturated carbocycles. The van der Waals surface area contributed by atoms with Crippen LogP contribution in [0.4, 0.5) is 0 Å². The van der Waals surface area contributed by atoms with Crippen molar-refractivity contribution in [3.8, 4) is 0 Å². The minimum atomic E-state index is -0.935. The number of carboxylic acids is 1. The van der Waals surface area contributed by atoms with Gasteiger partial charge in [-0.1, -0.05) is 24.6 Å². The Morgan fingerprint density at radius 2 is 1.78 bits per heavy atom. The van der Waals surface area contributed by atoms with Crippen LogP contribution in [0.3, 0.4) is 0 Å². The predicted octanol–water partition coefficient (Wildman–Crippen LogP) is 3.41. The molecule has 1 N–H and O–H groups in total. The molecule has 0 bridgehead atoms. The Bertz CT molecular complexity index is 465. The molecule has 0 aliphatic carbocycles. The molecule has 0 spiro atoms. The molecule has 0 aliphatic rings. The minimum absolute atomic E-state index is 0.0935. The van der Waals surface area contributed by atoms with Crippen molar-refractivity contribution < 1.29 is 14.7 Å². The number of carbonyl (C=O) groups excluding carboxylic acids is 1. The number of benzene rings is 1. The number of rotatable bonds is 5. The van der Waals surface area contributed by atoms with E-state index in [1.54, 1.807) is 30.3 Å². The summed E-state index contributed by atoms with van der Waals surface area (Å²) in [6, 6.07) is 6.67. The van der Waals surface area contributed by atoms with Crippen molar-refractivity contribution in [3.05, 3.63) is 47.0 Å². The Kier molecular flexibility index (Phi) is 4.84. The molecule has 0 saturated heterocycles. The zero-order valence-corrected chi connectivity index (χ0v) is 10.9. The number of hydrogen-bond donors (Lipinski definition) is 1. The third-order valence-electron chi connectivity index (χ3n) is 2.68. The highest BCUT2D eigenvalue weighted by atomic mass is 16.4. The molecule has 0 radical (unpaired) electrons. The van der Waals surface area contributed by atoms with Crippen molar-refractivity contribution in [1.82, 2.24) is 0 Å². The Hall–Kier alpha value is -1.90. The molecule has 0 fully saturated rings. The lowest BCUT2D eigenvalue weighted by Crippen LogP contribution is -2.03. The van der Waals surface area contributed by atoms with Gasteiger partial charge in [-0.15, -0.1) is 0 Å². The highest BCUT2D eigenvalue weighted by Gasteiger charge is 2.10. The maximum absolute atomic E-state index is 11.6. The van der Waals surface area contributed by atoms with Gasteiger partial charge >= 0.3 is 5.97 Å². The summed E-state index contributed by atoms with van der Waals surface area (Å²) in [6.45, 7) is 5.75. The van der Waals surface area contributed by atoms with Crippen LogP contribution in [0.1, 0.15) is 49.0 Å². The van der Waals surface area contributed by atoms with Crippen LogP contribution in [0, 0.1) is 0 Å². The van der Waals surface area contributed by atoms with Gasteiger partial charge in [0.15, 0.2) is 5.78 Å². The first-order valence-electron chi connectivity index (χ1n) is 5.91. The molecule has 1 aromatic carbocycles. The van der Waals surface area contributed by atoms with Crippen LogP contribution < -0.4 is 0 Å². The summed E-state index contributed by atoms with van der Waals surface area (Å²) in [5, 5.41) is 8.80. The van der Waals surface area contributed by atoms with Crippen molar-refractivity contribution in [3.63, 3.8) is 0 Å². The summed E-state index contributed by atoms with van der Waals surface area (Å²) in [5.41, 5.74) is 2.24. The minimum Gasteiger partial charge on any atom is -0.478 e. The largest absolute Gasteiger partial charge is 0.478 e. The molecule has 1 aromatic rings. The molecular formula is C15H18O3. The summed E-state index contributed by atoms with van der Waals surface area (Å²) in [6.07, 6.45) is 2.08. The lowest BCUT2D eigenvalue weighted by atomic mass is 9.94. The third-order valence-corrected chi connectivity index (χ3v) is 2.68. The van der Waals surface area contributed by atoms with Gasteiger partial charge in [-0.05, 0) is 43.5 Å². The number of hydrogen-bond acceptors (Lipinski definition) is 2. The molecule has 0 heterocycles. The quantitative estimate of drug-likeness (QED) is 0.810. The molecule has 1 rings (SSSR count). The smallest absolute Gasteiger partial charge is 0.335 e. The normalized spacial score (nSPS) is 11.7. The zero-order valence-electron chi connectivity index (χ0n) is 10.9. The van der Waals surface area contributed by atoms with Crippen molar-refractivity contribution in [2.45, 2.75) is 33.1 Å². The van der Waals surface area contributed by atoms with Crippen molar-refractivity contribution >= 4 is 11.8 Å². The van der Waals surface area contributed by atoms with E-state index in [0.717, 1.165) is 11.1 Å². The van der Waals surface area contributed by atoms with E-state index in [2.05, 4.69) is 0 Å². The van der Waals surface area contributed by atoms with E-state index in [4.69, 9.17) is 5.11 Å². The van der Waals surface area contributed by atoms with E-state index < -0.39 is 5.97 Å². The summed E-state index contributed by atoms with van der Waals surface area (Å²) >= 11 is 0. The molecule has 3 nitrogen and oxygen atoms in total. The highest BCUT2D eigenvalue weighted by molar-refractivity contribution is 5.91. The van der Waals surface area contributed by atoms with Crippen LogP contribution in [0.25, 0.3) is 0 Å². The van der Waals surface area contributed by atoms with Crippen molar-refractivity contribution in [1.29, 1.82) is 0 Å². The average Bonchev–Trinajstić information content (AvgIpc) is 2.27. The first-order chi connectivity index (χ1) is 8.40. The van der Waals surface area contributed by atoms with Crippen molar-refractivity contribution in [2.75, 3.05) is 0 Å². The van der Waals surface area contributed by atoms with E-state index >= 15 is 0 Å². The first kappa shape index (κ1) is 14.2. The molecule has 0 amide bonds. The van der Waals surface area contributed by atoms with E-state index in [1.165, 1.54) is 0 Å². The predicted molar refractivity (Wildman–Crippen MR) is 70.9 cm³/mol. The van der Waals surface area contributed by atoms with E-state index in [0.29, 0.717) is 6.42 Å². The molecular weight excluding hydrogens is 228 g/mol. The van der Waals surface area contributed by atoms with Gasteiger partial charge in [0.1, 0.15) is 0 Å². The maximum Gasteiger partial charge on any atom is 0.335 e. The van der Waals surface area contributed by atoms with Crippen LogP contribution >= 0.6 is 0 Å². The van der Waals surface area contributed by atoms with E-state index in [9.17, 15) is 9.59 Å². The molecule has 3 heteroatoms. The summed E-state index contributed by atoms with van der Waals surface area (Å²) in [4.78, 5) is 22.4. The zero-order chi connectivity index (χ0) is 13.7. The average molecular weight is 246 g/mol. The van der Waals surface area contributed by atoms with Gasteiger partial charge in [-0.2, -0.15) is 0 Å². The van der Waals surface area contributed by atoms with Gasteiger partial charge in [-0.25, -0.2) is 4.79 Å². The van der Waals surface area contributed by atoms with Crippen LogP contribution in [-0.4, -0.2) is 16.9 Å². The van der Waals surface area contributed by atoms with Crippen LogP contribution in [0.2, 0.25) is 0 Å². The molecule has 0 aliphatic heterocycles. The molecule has 18 heavy (non-hydrogen) atoms. The highest BCUT2D eigenvalue weighted by Crippen LogP contribution is 2.20. The Balaban J connectivity index is 2.73. The van der Waals surface area contributed by atoms with E-state index in [-0.39, 0.29) is 17.3 Å². The monoisotopic (exact) mass is 246 g/mol. The molecule has 0 aromatic heterocycles. The summed E-state index contributed by atoms with van der Waals surface area (Å²) in [7, 11) is 0. The second-order valence-corrected chi connectivity index (χ2v) is 4.72. The Labute approximate surface area is 107 Å². The van der Waals surface area contributed by atoms with Gasteiger partial charge in [0.2, 0.25) is 0 Å². The summed E-state index contributed by atoms with van der Waals surface area (Å²) < 4.78 is 0. The molecule has 1 atom stereocenters. The standard InChI is InChI=1S/C15H18O3/c1-10(2)8-14(16)9-11(3)12-4-6-13(7-5-12)15(17)18/h4-8,11H,9H2,1-3H3,(H,17,18)/t11-/m0/s1. The SMILES string of the molecule is CC(C)=CC(=O)C[C@H](C)c1ccc(C(=O)O)cc1. The molecule has 0 unspecified atom stereocenters. The topological polar surface area (TPSA) is 54.4 Å². The maximum atomic E-state index is 11.6. The van der Waals surface area contributed by atoms with Crippen molar-refractivity contribution in [2.24, 2.45) is 0 Å². The number of allylic oxidation sites excluding steroid dienone is 2. The fraction of sp³-hybridized carbons (Fsp3) is 0.333. The number of carbonyl (C=O) groups is 2. The van der Waals surface area contributed by atoms with Gasteiger partial charge in [-0.3, -0.25) is 4.79 Å². The Morgan fingerprint density at radius 3 is 2.22 bits per heavy atom. The third kappa shape index (κ3) is 4.17. The summed E-state index contributed by atoms with van der Waals surface area (Å²) in [5.74, 6) is -0.740. The van der Waals surface area contributed by atoms with Gasteiger partial charge < -0.3 is 5.11 Å². The lowest BCUT2D eigenvalue weighted by molar-refractivity contribution is -0.114. The number of carboxylic acid groups (broad SMARTS) is 1. The van der Waals surface area contributed by atoms with Gasteiger partial charge in [0, 0.05) is 6.42 Å². The van der Waals surface area contributed by atoms with Gasteiger partial charge in [0.05, 0.1) is 5.56 Å². The fourth-order valence-electron chi connectivity index (χ4n) is 1.75. The molecule has 96 valence electrons. The van der Waals surface area contributed by atoms with E-state index in [1.807, 2.05) is 20.8 Å². The lowest BCUT2D eigenvalue weighted by Gasteiger charge is -2.10. The Morgan fingerprint density at radius 1 is 1.22 bits per heavy atom. The first-order valence-corrected chi connectivity index (χ1v) is 5.91. The van der Waals surface area contributed by atoms with Crippen LogP contribution in [-0.2, 0) is 4.79 Å². The number of ketones is 1. The second kappa shape index (κ2) is 6.15. The number of aromatic carboxylic acids is 1. The fourth-order valence-corrected chi connectivity index (χ4v) is 1.75.